The Balaban J connectivity index is 3.14. The Kier molecular flexibility index (Phi) is 10.4. The van der Waals surface area contributed by atoms with Crippen LogP contribution in [0.4, 0.5) is 0 Å². The molecule has 0 spiro atoms. The molecular weight excluding hydrogens is 392 g/mol. The van der Waals surface area contributed by atoms with Crippen molar-refractivity contribution in [3.63, 3.8) is 0 Å². The number of carbonyl (C=O) groups is 4. The number of hydrogen-bond acceptors (Lipinski definition) is 7. The average Bonchev–Trinajstić information content (AvgIpc) is 2.71. The standard InChI is InChI=1S/C21H30N2O7/c1-6-23(5)20(26)17(22-14(4)24)12-15-9-10-18(30-13-19(25)28-7-2)16(11-15)21(27)29-8-3/h9-11,17H,6-8,12-13H2,1-5H3,(H,22,24)/t17-/m0/s1. The molecule has 9 heteroatoms. The molecule has 0 radical (unpaired) electrons. The summed E-state index contributed by atoms with van der Waals surface area (Å²) in [5.74, 6) is -1.59. The van der Waals surface area contributed by atoms with E-state index >= 15 is 0 Å². The fraction of sp³-hybridized carbons (Fsp3) is 0.524. The van der Waals surface area contributed by atoms with Crippen molar-refractivity contribution < 1.29 is 33.4 Å². The first-order chi connectivity index (χ1) is 14.2. The number of esters is 2. The number of nitrogens with one attached hydrogen (secondary N) is 1. The van der Waals surface area contributed by atoms with Gasteiger partial charge in [0.25, 0.3) is 0 Å². The van der Waals surface area contributed by atoms with Crippen LogP contribution in [0.2, 0.25) is 0 Å². The number of ether oxygens (including phenoxy) is 3. The van der Waals surface area contributed by atoms with Crippen LogP contribution < -0.4 is 10.1 Å². The minimum absolute atomic E-state index is 0.122. The van der Waals surface area contributed by atoms with Gasteiger partial charge in [-0.1, -0.05) is 6.07 Å². The third-order valence-corrected chi connectivity index (χ3v) is 4.16. The van der Waals surface area contributed by atoms with Gasteiger partial charge < -0.3 is 24.4 Å². The van der Waals surface area contributed by atoms with E-state index in [0.717, 1.165) is 0 Å². The summed E-state index contributed by atoms with van der Waals surface area (Å²) >= 11 is 0. The minimum Gasteiger partial charge on any atom is -0.481 e. The topological polar surface area (TPSA) is 111 Å². The molecule has 0 aliphatic heterocycles. The molecule has 1 aromatic rings. The van der Waals surface area contributed by atoms with Crippen molar-refractivity contribution in [3.8, 4) is 5.75 Å². The van der Waals surface area contributed by atoms with Gasteiger partial charge in [-0.15, -0.1) is 0 Å². The zero-order valence-electron chi connectivity index (χ0n) is 18.1. The number of amides is 2. The van der Waals surface area contributed by atoms with Crippen molar-refractivity contribution in [1.82, 2.24) is 10.2 Å². The Bertz CT molecular complexity index is 764. The lowest BCUT2D eigenvalue weighted by atomic mass is 10.0. The van der Waals surface area contributed by atoms with E-state index < -0.39 is 18.0 Å². The highest BCUT2D eigenvalue weighted by molar-refractivity contribution is 5.93. The molecule has 2 amide bonds. The van der Waals surface area contributed by atoms with Gasteiger partial charge in [0.2, 0.25) is 11.8 Å². The number of likely N-dealkylation sites (N-methyl/N-ethyl adjacent to an activating group) is 1. The van der Waals surface area contributed by atoms with Crippen LogP contribution in [0.3, 0.4) is 0 Å². The van der Waals surface area contributed by atoms with E-state index in [9.17, 15) is 19.2 Å². The molecule has 0 unspecified atom stereocenters. The highest BCUT2D eigenvalue weighted by Gasteiger charge is 2.24. The number of benzene rings is 1. The van der Waals surface area contributed by atoms with Crippen molar-refractivity contribution in [2.45, 2.75) is 40.2 Å². The van der Waals surface area contributed by atoms with E-state index in [1.165, 1.54) is 24.0 Å². The molecule has 1 aromatic carbocycles. The van der Waals surface area contributed by atoms with Gasteiger partial charge in [0.05, 0.1) is 13.2 Å². The van der Waals surface area contributed by atoms with Crippen LogP contribution in [0.15, 0.2) is 18.2 Å². The van der Waals surface area contributed by atoms with Gasteiger partial charge in [-0.05, 0) is 38.5 Å². The smallest absolute Gasteiger partial charge is 0.344 e. The lowest BCUT2D eigenvalue weighted by molar-refractivity contribution is -0.145. The normalized spacial score (nSPS) is 11.2. The second kappa shape index (κ2) is 12.5. The van der Waals surface area contributed by atoms with Crippen LogP contribution in [0.1, 0.15) is 43.6 Å². The maximum atomic E-state index is 12.6. The van der Waals surface area contributed by atoms with Crippen molar-refractivity contribution in [1.29, 1.82) is 0 Å². The van der Waals surface area contributed by atoms with E-state index in [1.54, 1.807) is 27.0 Å². The van der Waals surface area contributed by atoms with Gasteiger partial charge in [-0.25, -0.2) is 9.59 Å². The number of rotatable bonds is 11. The van der Waals surface area contributed by atoms with Crippen molar-refractivity contribution in [3.05, 3.63) is 29.3 Å². The minimum atomic E-state index is -0.784. The fourth-order valence-electron chi connectivity index (χ4n) is 2.64. The predicted molar refractivity (Wildman–Crippen MR) is 109 cm³/mol. The summed E-state index contributed by atoms with van der Waals surface area (Å²) in [4.78, 5) is 49.6. The van der Waals surface area contributed by atoms with Gasteiger partial charge >= 0.3 is 11.9 Å². The summed E-state index contributed by atoms with van der Waals surface area (Å²) in [5.41, 5.74) is 0.745. The molecule has 0 aliphatic rings. The molecule has 0 aromatic heterocycles. The lowest BCUT2D eigenvalue weighted by Gasteiger charge is -2.23. The summed E-state index contributed by atoms with van der Waals surface area (Å²) in [7, 11) is 1.65. The van der Waals surface area contributed by atoms with Gasteiger partial charge in [-0.3, -0.25) is 9.59 Å². The molecule has 166 valence electrons. The van der Waals surface area contributed by atoms with Crippen LogP contribution in [0.25, 0.3) is 0 Å². The van der Waals surface area contributed by atoms with Crippen LogP contribution in [0.5, 0.6) is 5.75 Å². The maximum Gasteiger partial charge on any atom is 0.344 e. The van der Waals surface area contributed by atoms with E-state index in [-0.39, 0.29) is 49.4 Å². The first kappa shape index (κ1) is 24.9. The van der Waals surface area contributed by atoms with E-state index in [2.05, 4.69) is 5.32 Å². The van der Waals surface area contributed by atoms with Gasteiger partial charge in [0.15, 0.2) is 6.61 Å². The average molecular weight is 422 g/mol. The second-order valence-electron chi connectivity index (χ2n) is 6.45. The molecule has 0 heterocycles. The highest BCUT2D eigenvalue weighted by atomic mass is 16.6. The molecule has 0 bridgehead atoms. The molecule has 1 atom stereocenters. The van der Waals surface area contributed by atoms with E-state index in [1.807, 2.05) is 6.92 Å². The first-order valence-electron chi connectivity index (χ1n) is 9.83. The zero-order chi connectivity index (χ0) is 22.7. The van der Waals surface area contributed by atoms with Crippen LogP contribution in [0, 0.1) is 0 Å². The number of hydrogen-bond donors (Lipinski definition) is 1. The van der Waals surface area contributed by atoms with Gasteiger partial charge in [0, 0.05) is 26.9 Å². The van der Waals surface area contributed by atoms with E-state index in [4.69, 9.17) is 14.2 Å². The Morgan fingerprint density at radius 3 is 2.30 bits per heavy atom. The quantitative estimate of drug-likeness (QED) is 0.536. The van der Waals surface area contributed by atoms with Crippen LogP contribution in [-0.2, 0) is 30.3 Å². The molecule has 0 aliphatic carbocycles. The third kappa shape index (κ3) is 7.73. The largest absolute Gasteiger partial charge is 0.481 e. The second-order valence-corrected chi connectivity index (χ2v) is 6.45. The Morgan fingerprint density at radius 1 is 1.07 bits per heavy atom. The summed E-state index contributed by atoms with van der Waals surface area (Å²) in [5, 5.41) is 2.65. The van der Waals surface area contributed by atoms with Crippen molar-refractivity contribution >= 4 is 23.8 Å². The zero-order valence-corrected chi connectivity index (χ0v) is 18.1. The number of carbonyl (C=O) groups excluding carboxylic acids is 4. The molecule has 9 nitrogen and oxygen atoms in total. The molecule has 0 saturated carbocycles. The van der Waals surface area contributed by atoms with Crippen molar-refractivity contribution in [2.75, 3.05) is 33.4 Å². The Labute approximate surface area is 176 Å². The fourth-order valence-corrected chi connectivity index (χ4v) is 2.64. The molecule has 1 rings (SSSR count). The summed E-state index contributed by atoms with van der Waals surface area (Å²) in [6.45, 7) is 7.04. The molecule has 0 fully saturated rings. The number of nitrogens with zero attached hydrogens (tertiary/aromatic N) is 1. The van der Waals surface area contributed by atoms with E-state index in [0.29, 0.717) is 12.1 Å². The summed E-state index contributed by atoms with van der Waals surface area (Å²) in [6.07, 6.45) is 0.174. The highest BCUT2D eigenvalue weighted by Crippen LogP contribution is 2.23. The van der Waals surface area contributed by atoms with Crippen LogP contribution >= 0.6 is 0 Å². The molecule has 0 saturated heterocycles. The lowest BCUT2D eigenvalue weighted by Crippen LogP contribution is -2.47. The third-order valence-electron chi connectivity index (χ3n) is 4.16. The Hall–Kier alpha value is -3.10. The van der Waals surface area contributed by atoms with Gasteiger partial charge in [-0.2, -0.15) is 0 Å². The molecular formula is C21H30N2O7. The SMILES string of the molecule is CCOC(=O)COc1ccc(C[C@H](NC(C)=O)C(=O)N(C)CC)cc1C(=O)OCC. The first-order valence-corrected chi connectivity index (χ1v) is 9.83. The Morgan fingerprint density at radius 2 is 1.73 bits per heavy atom. The predicted octanol–water partition coefficient (Wildman–Crippen LogP) is 1.33. The van der Waals surface area contributed by atoms with Crippen molar-refractivity contribution in [2.24, 2.45) is 0 Å². The maximum absolute atomic E-state index is 12.6. The molecule has 30 heavy (non-hydrogen) atoms. The summed E-state index contributed by atoms with van der Waals surface area (Å²) in [6, 6.07) is 3.94. The monoisotopic (exact) mass is 422 g/mol. The van der Waals surface area contributed by atoms with Gasteiger partial charge in [0.1, 0.15) is 17.4 Å². The van der Waals surface area contributed by atoms with Crippen LogP contribution in [-0.4, -0.2) is 68.1 Å². The summed E-state index contributed by atoms with van der Waals surface area (Å²) < 4.78 is 15.3. The molecule has 1 N–H and O–H groups in total.